The molecule has 4 heteroatoms. The van der Waals surface area contributed by atoms with E-state index in [9.17, 15) is 4.79 Å². The monoisotopic (exact) mass is 294 g/mol. The maximum atomic E-state index is 12.8. The number of nitrogens with one attached hydrogen (secondary N) is 1. The van der Waals surface area contributed by atoms with Gasteiger partial charge in [-0.25, -0.2) is 0 Å². The van der Waals surface area contributed by atoms with E-state index in [1.807, 2.05) is 0 Å². The van der Waals surface area contributed by atoms with Gasteiger partial charge in [0.05, 0.1) is 17.8 Å². The Kier molecular flexibility index (Phi) is 4.28. The highest BCUT2D eigenvalue weighted by Crippen LogP contribution is 2.37. The minimum atomic E-state index is -0.103. The summed E-state index contributed by atoms with van der Waals surface area (Å²) < 4.78 is 5.85. The fourth-order valence-electron chi connectivity index (χ4n) is 4.45. The Balaban J connectivity index is 1.79. The van der Waals surface area contributed by atoms with Crippen molar-refractivity contribution in [1.82, 2.24) is 10.2 Å². The summed E-state index contributed by atoms with van der Waals surface area (Å²) in [6.45, 7) is 7.18. The first-order chi connectivity index (χ1) is 10.0. The summed E-state index contributed by atoms with van der Waals surface area (Å²) in [4.78, 5) is 15.1. The quantitative estimate of drug-likeness (QED) is 0.870. The summed E-state index contributed by atoms with van der Waals surface area (Å²) in [5.74, 6) is 0.980. The van der Waals surface area contributed by atoms with Crippen molar-refractivity contribution in [3.63, 3.8) is 0 Å². The van der Waals surface area contributed by atoms with Crippen LogP contribution in [0, 0.1) is 5.92 Å². The number of carbonyl (C=O) groups excluding carboxylic acids is 1. The van der Waals surface area contributed by atoms with Gasteiger partial charge >= 0.3 is 0 Å². The zero-order valence-electron chi connectivity index (χ0n) is 13.7. The van der Waals surface area contributed by atoms with Crippen LogP contribution in [0.2, 0.25) is 0 Å². The van der Waals surface area contributed by atoms with E-state index in [0.29, 0.717) is 17.9 Å². The third kappa shape index (κ3) is 2.98. The molecule has 2 aliphatic heterocycles. The van der Waals surface area contributed by atoms with E-state index in [1.165, 1.54) is 25.7 Å². The van der Waals surface area contributed by atoms with E-state index >= 15 is 0 Å². The Labute approximate surface area is 128 Å². The predicted octanol–water partition coefficient (Wildman–Crippen LogP) is 2.67. The van der Waals surface area contributed by atoms with Crippen LogP contribution in [0.15, 0.2) is 0 Å². The zero-order chi connectivity index (χ0) is 15.0. The van der Waals surface area contributed by atoms with E-state index < -0.39 is 0 Å². The number of nitrogens with zero attached hydrogens (tertiary/aromatic N) is 1. The summed E-state index contributed by atoms with van der Waals surface area (Å²) in [6.07, 6.45) is 8.28. The fourth-order valence-corrected chi connectivity index (χ4v) is 4.45. The lowest BCUT2D eigenvalue weighted by molar-refractivity contribution is -0.140. The highest BCUT2D eigenvalue weighted by Gasteiger charge is 2.47. The van der Waals surface area contributed by atoms with Crippen LogP contribution in [0.3, 0.4) is 0 Å². The van der Waals surface area contributed by atoms with Crippen LogP contribution in [0.4, 0.5) is 0 Å². The molecule has 4 nitrogen and oxygen atoms in total. The topological polar surface area (TPSA) is 41.6 Å². The van der Waals surface area contributed by atoms with Crippen LogP contribution in [0.5, 0.6) is 0 Å². The average molecular weight is 294 g/mol. The van der Waals surface area contributed by atoms with E-state index in [-0.39, 0.29) is 17.8 Å². The molecule has 0 aromatic rings. The van der Waals surface area contributed by atoms with Gasteiger partial charge in [0.1, 0.15) is 0 Å². The number of carbonyl (C=O) groups is 1. The molecule has 1 N–H and O–H groups in total. The number of hydrogen-bond acceptors (Lipinski definition) is 3. The van der Waals surface area contributed by atoms with Crippen LogP contribution in [0.25, 0.3) is 0 Å². The lowest BCUT2D eigenvalue weighted by Crippen LogP contribution is -2.52. The first kappa shape index (κ1) is 15.3. The number of amides is 1. The van der Waals surface area contributed by atoms with Gasteiger partial charge in [0, 0.05) is 12.6 Å². The molecule has 21 heavy (non-hydrogen) atoms. The molecular weight excluding hydrogens is 264 g/mol. The van der Waals surface area contributed by atoms with Crippen LogP contribution in [0.1, 0.15) is 65.7 Å². The van der Waals surface area contributed by atoms with Gasteiger partial charge in [-0.05, 0) is 51.9 Å². The second-order valence-corrected chi connectivity index (χ2v) is 7.62. The maximum Gasteiger partial charge on any atom is 0.241 e. The zero-order valence-corrected chi connectivity index (χ0v) is 13.7. The van der Waals surface area contributed by atoms with Gasteiger partial charge in [-0.15, -0.1) is 0 Å². The van der Waals surface area contributed by atoms with Gasteiger partial charge in [-0.1, -0.05) is 19.8 Å². The molecule has 0 bridgehead atoms. The molecule has 3 unspecified atom stereocenters. The normalized spacial score (nSPS) is 37.4. The third-order valence-corrected chi connectivity index (χ3v) is 5.54. The molecule has 3 rings (SSSR count). The smallest absolute Gasteiger partial charge is 0.241 e. The molecule has 1 aliphatic carbocycles. The van der Waals surface area contributed by atoms with Crippen LogP contribution >= 0.6 is 0 Å². The van der Waals surface area contributed by atoms with Crippen molar-refractivity contribution in [2.75, 3.05) is 6.61 Å². The second-order valence-electron chi connectivity index (χ2n) is 7.62. The Morgan fingerprint density at radius 3 is 2.62 bits per heavy atom. The highest BCUT2D eigenvalue weighted by molar-refractivity contribution is 5.84. The Bertz CT molecular complexity index is 390. The first-order valence-corrected chi connectivity index (χ1v) is 8.74. The van der Waals surface area contributed by atoms with Crippen LogP contribution in [-0.4, -0.2) is 41.3 Å². The molecule has 0 aromatic heterocycles. The molecule has 0 aromatic carbocycles. The van der Waals surface area contributed by atoms with Crippen LogP contribution < -0.4 is 5.32 Å². The van der Waals surface area contributed by atoms with E-state index in [4.69, 9.17) is 4.74 Å². The van der Waals surface area contributed by atoms with Crippen molar-refractivity contribution >= 4 is 5.91 Å². The van der Waals surface area contributed by atoms with E-state index in [1.54, 1.807) is 0 Å². The molecule has 1 saturated carbocycles. The Hall–Kier alpha value is -0.610. The minimum absolute atomic E-state index is 0.0292. The van der Waals surface area contributed by atoms with Crippen molar-refractivity contribution < 1.29 is 9.53 Å². The molecule has 2 saturated heterocycles. The summed E-state index contributed by atoms with van der Waals surface area (Å²) in [5.41, 5.74) is -0.103. The van der Waals surface area contributed by atoms with Gasteiger partial charge in [-0.2, -0.15) is 0 Å². The van der Waals surface area contributed by atoms with E-state index in [0.717, 1.165) is 25.9 Å². The standard InChI is InChI=1S/C17H30N2O2/c1-4-14-16(20)19(13-9-10-21-17(2,3)11-13)15(18-14)12-7-5-6-8-12/h12-15,18H,4-11H2,1-3H3. The summed E-state index contributed by atoms with van der Waals surface area (Å²) >= 11 is 0. The molecule has 3 fully saturated rings. The third-order valence-electron chi connectivity index (χ3n) is 5.54. The first-order valence-electron chi connectivity index (χ1n) is 8.74. The molecule has 0 radical (unpaired) electrons. The Morgan fingerprint density at radius 1 is 1.29 bits per heavy atom. The highest BCUT2D eigenvalue weighted by atomic mass is 16.5. The molecule has 3 aliphatic rings. The molecule has 3 atom stereocenters. The predicted molar refractivity (Wildman–Crippen MR) is 82.9 cm³/mol. The van der Waals surface area contributed by atoms with Crippen molar-refractivity contribution in [1.29, 1.82) is 0 Å². The molecule has 1 amide bonds. The minimum Gasteiger partial charge on any atom is -0.375 e. The van der Waals surface area contributed by atoms with Crippen LogP contribution in [-0.2, 0) is 9.53 Å². The number of ether oxygens (including phenoxy) is 1. The largest absolute Gasteiger partial charge is 0.375 e. The van der Waals surface area contributed by atoms with Gasteiger partial charge in [0.25, 0.3) is 0 Å². The van der Waals surface area contributed by atoms with Crippen molar-refractivity contribution in [3.8, 4) is 0 Å². The average Bonchev–Trinajstić information content (AvgIpc) is 3.04. The van der Waals surface area contributed by atoms with Gasteiger partial charge in [0.15, 0.2) is 0 Å². The summed E-state index contributed by atoms with van der Waals surface area (Å²) in [7, 11) is 0. The molecule has 0 spiro atoms. The second kappa shape index (κ2) is 5.88. The summed E-state index contributed by atoms with van der Waals surface area (Å²) in [6, 6.07) is 0.373. The fraction of sp³-hybridized carbons (Fsp3) is 0.941. The van der Waals surface area contributed by atoms with Crippen molar-refractivity contribution in [2.24, 2.45) is 5.92 Å². The lowest BCUT2D eigenvalue weighted by Gasteiger charge is -2.43. The van der Waals surface area contributed by atoms with Gasteiger partial charge < -0.3 is 9.64 Å². The number of rotatable bonds is 3. The van der Waals surface area contributed by atoms with Crippen molar-refractivity contribution in [2.45, 2.75) is 89.6 Å². The maximum absolute atomic E-state index is 12.8. The SMILES string of the molecule is CCC1NC(C2CCCC2)N(C2CCOC(C)(C)C2)C1=O. The summed E-state index contributed by atoms with van der Waals surface area (Å²) in [5, 5.41) is 3.64. The molecule has 2 heterocycles. The van der Waals surface area contributed by atoms with Gasteiger partial charge in [0.2, 0.25) is 5.91 Å². The molecular formula is C17H30N2O2. The number of hydrogen-bond donors (Lipinski definition) is 1. The molecule has 120 valence electrons. The van der Waals surface area contributed by atoms with E-state index in [2.05, 4.69) is 31.0 Å². The van der Waals surface area contributed by atoms with Gasteiger partial charge in [-0.3, -0.25) is 10.1 Å². The lowest BCUT2D eigenvalue weighted by atomic mass is 9.91. The van der Waals surface area contributed by atoms with Crippen molar-refractivity contribution in [3.05, 3.63) is 0 Å². The Morgan fingerprint density at radius 2 is 2.00 bits per heavy atom.